The van der Waals surface area contributed by atoms with Crippen molar-refractivity contribution in [1.82, 2.24) is 0 Å². The van der Waals surface area contributed by atoms with Crippen molar-refractivity contribution in [2.75, 3.05) is 11.9 Å². The summed E-state index contributed by atoms with van der Waals surface area (Å²) in [6, 6.07) is 6.50. The van der Waals surface area contributed by atoms with Crippen LogP contribution in [-0.2, 0) is 12.8 Å². The monoisotopic (exact) mass is 205 g/mol. The molecule has 0 radical (unpaired) electrons. The van der Waals surface area contributed by atoms with Crippen molar-refractivity contribution in [2.24, 2.45) is 0 Å². The van der Waals surface area contributed by atoms with Gasteiger partial charge < -0.3 is 10.4 Å². The number of hydrogen-bond donors (Lipinski definition) is 2. The van der Waals surface area contributed by atoms with Gasteiger partial charge >= 0.3 is 0 Å². The Morgan fingerprint density at radius 2 is 2.33 bits per heavy atom. The molecular weight excluding hydrogens is 186 g/mol. The molecule has 2 rings (SSSR count). The quantitative estimate of drug-likeness (QED) is 0.794. The minimum Gasteiger partial charge on any atom is -0.393 e. The van der Waals surface area contributed by atoms with Gasteiger partial charge in [0.25, 0.3) is 0 Å². The van der Waals surface area contributed by atoms with E-state index in [1.165, 1.54) is 29.7 Å². The summed E-state index contributed by atoms with van der Waals surface area (Å²) >= 11 is 0. The Morgan fingerprint density at radius 3 is 3.13 bits per heavy atom. The molecule has 1 unspecified atom stereocenters. The predicted molar refractivity (Wildman–Crippen MR) is 63.3 cm³/mol. The number of aliphatic hydroxyl groups excluding tert-OH is 1. The maximum atomic E-state index is 9.30. The lowest BCUT2D eigenvalue weighted by molar-refractivity contribution is 0.185. The lowest BCUT2D eigenvalue weighted by Crippen LogP contribution is -2.14. The highest BCUT2D eigenvalue weighted by atomic mass is 16.3. The minimum absolute atomic E-state index is 0.204. The molecule has 0 bridgehead atoms. The van der Waals surface area contributed by atoms with E-state index in [1.54, 1.807) is 0 Å². The van der Waals surface area contributed by atoms with Crippen LogP contribution in [0.25, 0.3) is 0 Å². The fraction of sp³-hybridized carbons (Fsp3) is 0.538. The van der Waals surface area contributed by atoms with Gasteiger partial charge in [0.2, 0.25) is 0 Å². The van der Waals surface area contributed by atoms with Crippen LogP contribution in [0.15, 0.2) is 18.2 Å². The number of para-hydroxylation sites is 1. The number of rotatable bonds is 3. The molecule has 82 valence electrons. The molecule has 1 aliphatic rings. The molecule has 1 aliphatic heterocycles. The highest BCUT2D eigenvalue weighted by Gasteiger charge is 2.12. The number of nitrogens with one attached hydrogen (secondary N) is 1. The number of aryl methyl sites for hydroxylation is 2. The second-order valence-electron chi connectivity index (χ2n) is 4.37. The van der Waals surface area contributed by atoms with Crippen molar-refractivity contribution in [3.63, 3.8) is 0 Å². The Hall–Kier alpha value is -1.02. The van der Waals surface area contributed by atoms with Gasteiger partial charge in [-0.15, -0.1) is 0 Å². The Labute approximate surface area is 91.3 Å². The molecule has 1 aromatic carbocycles. The average Bonchev–Trinajstić information content (AvgIpc) is 2.26. The average molecular weight is 205 g/mol. The van der Waals surface area contributed by atoms with Gasteiger partial charge in [0, 0.05) is 12.2 Å². The molecule has 1 heterocycles. The third kappa shape index (κ3) is 2.51. The van der Waals surface area contributed by atoms with Crippen LogP contribution in [0.5, 0.6) is 0 Å². The van der Waals surface area contributed by atoms with Gasteiger partial charge in [-0.1, -0.05) is 18.2 Å². The van der Waals surface area contributed by atoms with Gasteiger partial charge in [-0.3, -0.25) is 0 Å². The van der Waals surface area contributed by atoms with E-state index in [0.717, 1.165) is 19.4 Å². The third-order valence-corrected chi connectivity index (χ3v) is 2.99. The van der Waals surface area contributed by atoms with Crippen LogP contribution in [0.4, 0.5) is 5.69 Å². The van der Waals surface area contributed by atoms with E-state index in [-0.39, 0.29) is 6.10 Å². The second-order valence-corrected chi connectivity index (χ2v) is 4.37. The largest absolute Gasteiger partial charge is 0.393 e. The van der Waals surface area contributed by atoms with Crippen LogP contribution in [0, 0.1) is 0 Å². The molecule has 2 nitrogen and oxygen atoms in total. The van der Waals surface area contributed by atoms with Crippen LogP contribution in [0.3, 0.4) is 0 Å². The first-order chi connectivity index (χ1) is 7.27. The summed E-state index contributed by atoms with van der Waals surface area (Å²) in [5, 5.41) is 12.8. The highest BCUT2D eigenvalue weighted by Crippen LogP contribution is 2.27. The predicted octanol–water partition coefficient (Wildman–Crippen LogP) is 2.36. The molecule has 0 fully saturated rings. The second kappa shape index (κ2) is 4.67. The van der Waals surface area contributed by atoms with Gasteiger partial charge in [-0.25, -0.2) is 0 Å². The molecule has 0 saturated carbocycles. The van der Waals surface area contributed by atoms with Gasteiger partial charge in [0.15, 0.2) is 0 Å². The SMILES string of the molecule is CC(O)CCc1cccc2c1NCCC2. The lowest BCUT2D eigenvalue weighted by atomic mass is 9.96. The van der Waals surface area contributed by atoms with E-state index < -0.39 is 0 Å². The Bertz CT molecular complexity index is 333. The van der Waals surface area contributed by atoms with Crippen LogP contribution < -0.4 is 5.32 Å². The van der Waals surface area contributed by atoms with Crippen molar-refractivity contribution < 1.29 is 5.11 Å². The molecule has 0 aromatic heterocycles. The highest BCUT2D eigenvalue weighted by molar-refractivity contribution is 5.59. The van der Waals surface area contributed by atoms with E-state index in [9.17, 15) is 5.11 Å². The zero-order valence-electron chi connectivity index (χ0n) is 9.29. The number of fused-ring (bicyclic) bond motifs is 1. The van der Waals surface area contributed by atoms with Gasteiger partial charge in [0.05, 0.1) is 6.10 Å². The maximum Gasteiger partial charge on any atom is 0.0515 e. The van der Waals surface area contributed by atoms with Crippen molar-refractivity contribution >= 4 is 5.69 Å². The maximum absolute atomic E-state index is 9.30. The van der Waals surface area contributed by atoms with Crippen LogP contribution in [0.2, 0.25) is 0 Å². The van der Waals surface area contributed by atoms with Crippen molar-refractivity contribution in [1.29, 1.82) is 0 Å². The number of hydrogen-bond acceptors (Lipinski definition) is 2. The van der Waals surface area contributed by atoms with E-state index in [1.807, 2.05) is 6.92 Å². The van der Waals surface area contributed by atoms with E-state index in [4.69, 9.17) is 0 Å². The van der Waals surface area contributed by atoms with Crippen molar-refractivity contribution in [3.8, 4) is 0 Å². The molecular formula is C13H19NO. The van der Waals surface area contributed by atoms with Gasteiger partial charge in [0.1, 0.15) is 0 Å². The van der Waals surface area contributed by atoms with Gasteiger partial charge in [-0.05, 0) is 43.7 Å². The van der Waals surface area contributed by atoms with Crippen LogP contribution in [0.1, 0.15) is 30.9 Å². The minimum atomic E-state index is -0.204. The Morgan fingerprint density at radius 1 is 1.47 bits per heavy atom. The first kappa shape index (κ1) is 10.5. The molecule has 2 N–H and O–H groups in total. The summed E-state index contributed by atoms with van der Waals surface area (Å²) in [6.07, 6.45) is 4.02. The topological polar surface area (TPSA) is 32.3 Å². The summed E-state index contributed by atoms with van der Waals surface area (Å²) in [6.45, 7) is 2.93. The van der Waals surface area contributed by atoms with Crippen LogP contribution in [-0.4, -0.2) is 17.8 Å². The lowest BCUT2D eigenvalue weighted by Gasteiger charge is -2.21. The summed E-state index contributed by atoms with van der Waals surface area (Å²) < 4.78 is 0. The van der Waals surface area contributed by atoms with Crippen molar-refractivity contribution in [2.45, 2.75) is 38.7 Å². The molecule has 0 amide bonds. The summed E-state index contributed by atoms with van der Waals surface area (Å²) in [4.78, 5) is 0. The smallest absolute Gasteiger partial charge is 0.0515 e. The zero-order chi connectivity index (χ0) is 10.7. The molecule has 0 saturated heterocycles. The Kier molecular flexibility index (Phi) is 3.27. The van der Waals surface area contributed by atoms with E-state index in [2.05, 4.69) is 23.5 Å². The van der Waals surface area contributed by atoms with Crippen molar-refractivity contribution in [3.05, 3.63) is 29.3 Å². The molecule has 0 aliphatic carbocycles. The summed E-state index contributed by atoms with van der Waals surface area (Å²) in [7, 11) is 0. The first-order valence-electron chi connectivity index (χ1n) is 5.80. The number of anilines is 1. The number of benzene rings is 1. The molecule has 1 atom stereocenters. The molecule has 1 aromatic rings. The third-order valence-electron chi connectivity index (χ3n) is 2.99. The first-order valence-corrected chi connectivity index (χ1v) is 5.80. The Balaban J connectivity index is 2.16. The number of aliphatic hydroxyl groups is 1. The fourth-order valence-electron chi connectivity index (χ4n) is 2.15. The van der Waals surface area contributed by atoms with E-state index >= 15 is 0 Å². The standard InChI is InChI=1S/C13H19NO/c1-10(15)7-8-12-5-2-4-11-6-3-9-14-13(11)12/h2,4-5,10,14-15H,3,6-9H2,1H3. The zero-order valence-corrected chi connectivity index (χ0v) is 9.29. The molecule has 2 heteroatoms. The fourth-order valence-corrected chi connectivity index (χ4v) is 2.15. The van der Waals surface area contributed by atoms with Crippen LogP contribution >= 0.6 is 0 Å². The summed E-state index contributed by atoms with van der Waals surface area (Å²) in [5.74, 6) is 0. The molecule has 15 heavy (non-hydrogen) atoms. The van der Waals surface area contributed by atoms with Gasteiger partial charge in [-0.2, -0.15) is 0 Å². The normalized spacial score (nSPS) is 16.7. The molecule has 0 spiro atoms. The van der Waals surface area contributed by atoms with E-state index in [0.29, 0.717) is 0 Å². The summed E-state index contributed by atoms with van der Waals surface area (Å²) in [5.41, 5.74) is 4.11.